The molecule has 0 aliphatic heterocycles. The number of hydrogen-bond donors (Lipinski definition) is 1. The zero-order valence-electron chi connectivity index (χ0n) is 15.1. The average molecular weight is 385 g/mol. The molecule has 1 N–H and O–H groups in total. The minimum absolute atomic E-state index is 0.00301. The van der Waals surface area contributed by atoms with Gasteiger partial charge in [0.2, 0.25) is 5.82 Å². The fraction of sp³-hybridized carbons (Fsp3) is 0.389. The Morgan fingerprint density at radius 2 is 2.30 bits per heavy atom. The van der Waals surface area contributed by atoms with Gasteiger partial charge in [0.25, 0.3) is 11.7 Å². The molecule has 1 aliphatic rings. The minimum Gasteiger partial charge on any atom is -0.462 e. The lowest BCUT2D eigenvalue weighted by Crippen LogP contribution is -2.17. The van der Waals surface area contributed by atoms with E-state index >= 15 is 0 Å². The van der Waals surface area contributed by atoms with Gasteiger partial charge < -0.3 is 10.1 Å². The molecule has 0 aromatic carbocycles. The van der Waals surface area contributed by atoms with Crippen molar-refractivity contribution in [2.24, 2.45) is 5.92 Å². The maximum atomic E-state index is 12.7. The third-order valence-electron chi connectivity index (χ3n) is 4.54. The Morgan fingerprint density at radius 1 is 1.44 bits per heavy atom. The number of hydrogen-bond acceptors (Lipinski definition) is 7. The first-order valence-electron chi connectivity index (χ1n) is 8.87. The number of amides is 1. The Labute approximate surface area is 159 Å². The molecule has 140 valence electrons. The van der Waals surface area contributed by atoms with Gasteiger partial charge in [-0.15, -0.1) is 16.4 Å². The topological polar surface area (TPSA) is 98.5 Å². The van der Waals surface area contributed by atoms with E-state index in [0.29, 0.717) is 22.3 Å². The molecule has 1 amide bonds. The second kappa shape index (κ2) is 7.07. The van der Waals surface area contributed by atoms with Gasteiger partial charge in [0.05, 0.1) is 12.2 Å². The molecule has 0 fully saturated rings. The van der Waals surface area contributed by atoms with E-state index in [4.69, 9.17) is 4.74 Å². The number of esters is 1. The molecule has 0 saturated heterocycles. The molecule has 3 aromatic rings. The van der Waals surface area contributed by atoms with Crippen LogP contribution in [0.4, 0.5) is 5.00 Å². The van der Waals surface area contributed by atoms with E-state index in [9.17, 15) is 9.59 Å². The minimum atomic E-state index is -0.474. The molecule has 0 spiro atoms. The highest BCUT2D eigenvalue weighted by Crippen LogP contribution is 2.40. The normalized spacial score (nSPS) is 16.1. The number of fused-ring (bicyclic) bond motifs is 2. The number of rotatable bonds is 4. The van der Waals surface area contributed by atoms with Crippen LogP contribution in [0, 0.1) is 5.92 Å². The second-order valence-electron chi connectivity index (χ2n) is 6.53. The van der Waals surface area contributed by atoms with Crippen molar-refractivity contribution in [3.63, 3.8) is 0 Å². The first-order chi connectivity index (χ1) is 13.1. The van der Waals surface area contributed by atoms with Gasteiger partial charge in [-0.25, -0.2) is 14.3 Å². The summed E-state index contributed by atoms with van der Waals surface area (Å²) in [6, 6.07) is 1.71. The van der Waals surface area contributed by atoms with Gasteiger partial charge in [-0.3, -0.25) is 4.79 Å². The van der Waals surface area contributed by atoms with Crippen molar-refractivity contribution in [1.82, 2.24) is 19.6 Å². The number of anilines is 1. The van der Waals surface area contributed by atoms with E-state index in [1.54, 1.807) is 25.4 Å². The molecule has 0 saturated carbocycles. The number of aromatic nitrogens is 4. The monoisotopic (exact) mass is 385 g/mol. The lowest BCUT2D eigenvalue weighted by Gasteiger charge is -2.18. The highest BCUT2D eigenvalue weighted by molar-refractivity contribution is 7.17. The Morgan fingerprint density at radius 3 is 3.07 bits per heavy atom. The molecular formula is C18H19N5O3S. The third-order valence-corrected chi connectivity index (χ3v) is 5.71. The van der Waals surface area contributed by atoms with Crippen LogP contribution in [0.15, 0.2) is 18.5 Å². The van der Waals surface area contributed by atoms with Gasteiger partial charge in [0.1, 0.15) is 5.00 Å². The van der Waals surface area contributed by atoms with Crippen molar-refractivity contribution < 1.29 is 14.3 Å². The summed E-state index contributed by atoms with van der Waals surface area (Å²) in [5.74, 6) is 0.0268. The van der Waals surface area contributed by atoms with Gasteiger partial charge in [-0.1, -0.05) is 6.92 Å². The van der Waals surface area contributed by atoms with Gasteiger partial charge in [-0.2, -0.15) is 4.98 Å². The van der Waals surface area contributed by atoms with E-state index in [-0.39, 0.29) is 12.4 Å². The molecule has 3 heterocycles. The van der Waals surface area contributed by atoms with Crippen molar-refractivity contribution >= 4 is 34.0 Å². The number of carbonyl (C=O) groups excluding carboxylic acids is 2. The lowest BCUT2D eigenvalue weighted by atomic mass is 9.88. The summed E-state index contributed by atoms with van der Waals surface area (Å²) in [4.78, 5) is 34.5. The highest BCUT2D eigenvalue weighted by Gasteiger charge is 2.29. The second-order valence-corrected chi connectivity index (χ2v) is 7.64. The predicted octanol–water partition coefficient (Wildman–Crippen LogP) is 2.74. The van der Waals surface area contributed by atoms with E-state index in [1.165, 1.54) is 15.9 Å². The van der Waals surface area contributed by atoms with Crippen LogP contribution in [0.3, 0.4) is 0 Å². The van der Waals surface area contributed by atoms with Gasteiger partial charge in [0, 0.05) is 17.3 Å². The van der Waals surface area contributed by atoms with Crippen molar-refractivity contribution in [2.45, 2.75) is 33.1 Å². The quantitative estimate of drug-likeness (QED) is 0.694. The van der Waals surface area contributed by atoms with Crippen molar-refractivity contribution in [3.8, 4) is 0 Å². The molecule has 0 radical (unpaired) electrons. The smallest absolute Gasteiger partial charge is 0.341 e. The van der Waals surface area contributed by atoms with Gasteiger partial charge >= 0.3 is 5.97 Å². The molecule has 9 heteroatoms. The summed E-state index contributed by atoms with van der Waals surface area (Å²) in [6.45, 7) is 4.25. The first-order valence-corrected chi connectivity index (χ1v) is 9.68. The van der Waals surface area contributed by atoms with Crippen LogP contribution in [-0.2, 0) is 17.6 Å². The zero-order chi connectivity index (χ0) is 19.0. The van der Waals surface area contributed by atoms with Crippen LogP contribution in [-0.4, -0.2) is 38.1 Å². The number of carbonyl (C=O) groups is 2. The summed E-state index contributed by atoms with van der Waals surface area (Å²) in [5.41, 5.74) is 1.47. The summed E-state index contributed by atoms with van der Waals surface area (Å²) in [6.07, 6.45) is 5.98. The highest BCUT2D eigenvalue weighted by atomic mass is 32.1. The number of thiophene rings is 1. The molecule has 4 rings (SSSR count). The molecule has 27 heavy (non-hydrogen) atoms. The zero-order valence-corrected chi connectivity index (χ0v) is 15.9. The van der Waals surface area contributed by atoms with Gasteiger partial charge in [-0.05, 0) is 43.7 Å². The van der Waals surface area contributed by atoms with Crippen molar-refractivity contribution in [3.05, 3.63) is 40.3 Å². The fourth-order valence-corrected chi connectivity index (χ4v) is 4.64. The maximum absolute atomic E-state index is 12.7. The number of nitrogens with one attached hydrogen (secondary N) is 1. The largest absolute Gasteiger partial charge is 0.462 e. The van der Waals surface area contributed by atoms with Crippen molar-refractivity contribution in [1.29, 1.82) is 0 Å². The number of ether oxygens (including phenoxy) is 1. The Bertz CT molecular complexity index is 992. The van der Waals surface area contributed by atoms with Crippen LogP contribution in [0.1, 0.15) is 51.7 Å². The third kappa shape index (κ3) is 3.30. The summed E-state index contributed by atoms with van der Waals surface area (Å²) in [5, 5.41) is 7.45. The van der Waals surface area contributed by atoms with Crippen LogP contribution in [0.5, 0.6) is 0 Å². The standard InChI is InChI=1S/C18H19N5O3S/c1-3-26-17(25)13-11-6-5-10(2)9-12(11)27-16(13)21-15(24)14-20-18-19-7-4-8-23(18)22-14/h4,7-8,10H,3,5-6,9H2,1-2H3,(H,21,24). The summed E-state index contributed by atoms with van der Waals surface area (Å²) in [7, 11) is 0. The Hall–Kier alpha value is -2.81. The first kappa shape index (κ1) is 17.6. The van der Waals surface area contributed by atoms with E-state index in [0.717, 1.165) is 29.7 Å². The summed E-state index contributed by atoms with van der Waals surface area (Å²) < 4.78 is 6.66. The van der Waals surface area contributed by atoms with Gasteiger partial charge in [0.15, 0.2) is 0 Å². The fourth-order valence-electron chi connectivity index (χ4n) is 3.25. The predicted molar refractivity (Wildman–Crippen MR) is 100 cm³/mol. The SMILES string of the molecule is CCOC(=O)c1c(NC(=O)c2nc3ncccn3n2)sc2c1CCC(C)C2. The molecule has 1 unspecified atom stereocenters. The lowest BCUT2D eigenvalue weighted by molar-refractivity contribution is 0.0526. The van der Waals surface area contributed by atoms with Crippen molar-refractivity contribution in [2.75, 3.05) is 11.9 Å². The molecule has 3 aromatic heterocycles. The van der Waals surface area contributed by atoms with Crippen LogP contribution < -0.4 is 5.32 Å². The molecule has 0 bridgehead atoms. The molecule has 8 nitrogen and oxygen atoms in total. The Balaban J connectivity index is 1.68. The molecular weight excluding hydrogens is 366 g/mol. The van der Waals surface area contributed by atoms with Crippen LogP contribution in [0.2, 0.25) is 0 Å². The van der Waals surface area contributed by atoms with Crippen LogP contribution in [0.25, 0.3) is 5.78 Å². The van der Waals surface area contributed by atoms with Crippen LogP contribution >= 0.6 is 11.3 Å². The molecule has 1 atom stereocenters. The van der Waals surface area contributed by atoms with E-state index in [1.807, 2.05) is 0 Å². The number of nitrogens with zero attached hydrogens (tertiary/aromatic N) is 4. The van der Waals surface area contributed by atoms with E-state index < -0.39 is 11.9 Å². The Kier molecular flexibility index (Phi) is 4.61. The maximum Gasteiger partial charge on any atom is 0.341 e. The van der Waals surface area contributed by atoms with E-state index in [2.05, 4.69) is 27.3 Å². The average Bonchev–Trinajstić information content (AvgIpc) is 3.22. The molecule has 1 aliphatic carbocycles. The summed E-state index contributed by atoms with van der Waals surface area (Å²) >= 11 is 1.44.